The van der Waals surface area contributed by atoms with E-state index in [2.05, 4.69) is 20.9 Å². The zero-order chi connectivity index (χ0) is 15.9. The van der Waals surface area contributed by atoms with E-state index in [4.69, 9.17) is 11.6 Å². The molecule has 2 aromatic rings. The first-order valence-corrected chi connectivity index (χ1v) is 7.87. The van der Waals surface area contributed by atoms with Crippen molar-refractivity contribution in [2.75, 3.05) is 17.2 Å². The van der Waals surface area contributed by atoms with E-state index < -0.39 is 6.03 Å². The number of benzene rings is 1. The third-order valence-electron chi connectivity index (χ3n) is 2.59. The molecule has 3 amide bonds. The molecule has 0 aliphatic rings. The number of carbonyl (C=O) groups excluding carboxylic acids is 2. The number of likely N-dealkylation sites (N-methyl/N-ethyl adjacent to an activating group) is 1. The summed E-state index contributed by atoms with van der Waals surface area (Å²) in [6.45, 7) is 2.44. The molecule has 2 rings (SSSR count). The number of nitrogens with zero attached hydrogens (tertiary/aromatic N) is 1. The lowest BCUT2D eigenvalue weighted by atomic mass is 10.3. The van der Waals surface area contributed by atoms with Crippen molar-refractivity contribution in [3.63, 3.8) is 0 Å². The number of carbonyl (C=O) groups is 2. The maximum atomic E-state index is 11.8. The van der Waals surface area contributed by atoms with Gasteiger partial charge >= 0.3 is 6.03 Å². The molecule has 8 heteroatoms. The van der Waals surface area contributed by atoms with Crippen molar-refractivity contribution in [2.24, 2.45) is 0 Å². The van der Waals surface area contributed by atoms with Gasteiger partial charge in [-0.25, -0.2) is 9.78 Å². The predicted octanol–water partition coefficient (Wildman–Crippen LogP) is 3.12. The first kappa shape index (κ1) is 16.3. The third-order valence-corrected chi connectivity index (χ3v) is 3.65. The molecule has 0 atom stereocenters. The minimum Gasteiger partial charge on any atom is -0.356 e. The van der Waals surface area contributed by atoms with Gasteiger partial charge in [0.15, 0.2) is 5.13 Å². The highest BCUT2D eigenvalue weighted by Crippen LogP contribution is 2.17. The van der Waals surface area contributed by atoms with Gasteiger partial charge in [0, 0.05) is 22.6 Å². The molecule has 0 radical (unpaired) electrons. The van der Waals surface area contributed by atoms with Crippen LogP contribution in [0.1, 0.15) is 12.6 Å². The van der Waals surface area contributed by atoms with Gasteiger partial charge in [-0.1, -0.05) is 11.6 Å². The summed E-state index contributed by atoms with van der Waals surface area (Å²) in [6, 6.07) is 6.37. The Balaban J connectivity index is 1.88. The van der Waals surface area contributed by atoms with Gasteiger partial charge in [0.1, 0.15) is 0 Å². The number of amides is 3. The van der Waals surface area contributed by atoms with Crippen LogP contribution in [-0.4, -0.2) is 23.5 Å². The lowest BCUT2D eigenvalue weighted by Gasteiger charge is -2.05. The van der Waals surface area contributed by atoms with Crippen molar-refractivity contribution in [1.29, 1.82) is 0 Å². The SMILES string of the molecule is CCNC(=O)Cc1csc(NC(=O)Nc2ccc(Cl)cc2)n1. The average molecular weight is 339 g/mol. The Labute approximate surface area is 136 Å². The van der Waals surface area contributed by atoms with Crippen LogP contribution in [0.2, 0.25) is 5.02 Å². The van der Waals surface area contributed by atoms with Crippen molar-refractivity contribution in [1.82, 2.24) is 10.3 Å². The molecular formula is C14H15ClN4O2S. The largest absolute Gasteiger partial charge is 0.356 e. The lowest BCUT2D eigenvalue weighted by Crippen LogP contribution is -2.24. The van der Waals surface area contributed by atoms with Crippen molar-refractivity contribution in [2.45, 2.75) is 13.3 Å². The Kier molecular flexibility index (Phi) is 5.74. The molecule has 0 bridgehead atoms. The van der Waals surface area contributed by atoms with Crippen LogP contribution in [0.4, 0.5) is 15.6 Å². The normalized spacial score (nSPS) is 10.1. The average Bonchev–Trinajstić information content (AvgIpc) is 2.88. The van der Waals surface area contributed by atoms with Gasteiger partial charge in [-0.2, -0.15) is 0 Å². The molecule has 0 aliphatic heterocycles. The van der Waals surface area contributed by atoms with Gasteiger partial charge in [-0.05, 0) is 31.2 Å². The lowest BCUT2D eigenvalue weighted by molar-refractivity contribution is -0.120. The topological polar surface area (TPSA) is 83.1 Å². The Hall–Kier alpha value is -2.12. The first-order chi connectivity index (χ1) is 10.6. The van der Waals surface area contributed by atoms with Crippen molar-refractivity contribution < 1.29 is 9.59 Å². The van der Waals surface area contributed by atoms with E-state index in [0.29, 0.717) is 28.1 Å². The highest BCUT2D eigenvalue weighted by molar-refractivity contribution is 7.14. The minimum atomic E-state index is -0.402. The number of aromatic nitrogens is 1. The molecule has 1 aromatic heterocycles. The molecule has 1 aromatic carbocycles. The van der Waals surface area contributed by atoms with Crippen LogP contribution >= 0.6 is 22.9 Å². The van der Waals surface area contributed by atoms with Gasteiger partial charge in [-0.15, -0.1) is 11.3 Å². The van der Waals surface area contributed by atoms with Crippen LogP contribution < -0.4 is 16.0 Å². The molecule has 1 heterocycles. The van der Waals surface area contributed by atoms with E-state index in [-0.39, 0.29) is 12.3 Å². The van der Waals surface area contributed by atoms with E-state index in [1.54, 1.807) is 29.6 Å². The van der Waals surface area contributed by atoms with Crippen molar-refractivity contribution in [3.05, 3.63) is 40.4 Å². The molecule has 0 saturated carbocycles. The number of nitrogens with one attached hydrogen (secondary N) is 3. The van der Waals surface area contributed by atoms with Gasteiger partial charge in [0.25, 0.3) is 0 Å². The summed E-state index contributed by atoms with van der Waals surface area (Å²) in [6.07, 6.45) is 0.199. The molecule has 0 spiro atoms. The number of halogens is 1. The molecule has 0 unspecified atom stereocenters. The van der Waals surface area contributed by atoms with Crippen molar-refractivity contribution >= 4 is 45.7 Å². The molecule has 0 aliphatic carbocycles. The van der Waals surface area contributed by atoms with E-state index in [1.807, 2.05) is 6.92 Å². The maximum absolute atomic E-state index is 11.8. The quantitative estimate of drug-likeness (QED) is 0.783. The number of anilines is 2. The summed E-state index contributed by atoms with van der Waals surface area (Å²) in [5.74, 6) is -0.0926. The first-order valence-electron chi connectivity index (χ1n) is 6.61. The highest BCUT2D eigenvalue weighted by Gasteiger charge is 2.09. The number of rotatable bonds is 5. The molecule has 22 heavy (non-hydrogen) atoms. The molecule has 6 nitrogen and oxygen atoms in total. The summed E-state index contributed by atoms with van der Waals surface area (Å²) >= 11 is 7.04. The molecule has 0 fully saturated rings. The Bertz CT molecular complexity index is 657. The zero-order valence-corrected chi connectivity index (χ0v) is 13.4. The zero-order valence-electron chi connectivity index (χ0n) is 11.9. The second-order valence-electron chi connectivity index (χ2n) is 4.36. The summed E-state index contributed by atoms with van der Waals surface area (Å²) in [7, 11) is 0. The number of hydrogen-bond donors (Lipinski definition) is 3. The smallest absolute Gasteiger partial charge is 0.325 e. The minimum absolute atomic E-state index is 0.0926. The fourth-order valence-electron chi connectivity index (χ4n) is 1.66. The summed E-state index contributed by atoms with van der Waals surface area (Å²) < 4.78 is 0. The van der Waals surface area contributed by atoms with Crippen LogP contribution in [0.15, 0.2) is 29.6 Å². The summed E-state index contributed by atoms with van der Waals surface area (Å²) in [5.41, 5.74) is 1.25. The number of thiazole rings is 1. The summed E-state index contributed by atoms with van der Waals surface area (Å²) in [4.78, 5) is 27.5. The van der Waals surface area contributed by atoms with E-state index in [0.717, 1.165) is 0 Å². The standard InChI is InChI=1S/C14H15ClN4O2S/c1-2-16-12(20)7-11-8-22-14(18-11)19-13(21)17-10-5-3-9(15)4-6-10/h3-6,8H,2,7H2,1H3,(H,16,20)(H2,17,18,19,21). The molecular weight excluding hydrogens is 324 g/mol. The molecule has 3 N–H and O–H groups in total. The van der Waals surface area contributed by atoms with E-state index in [1.165, 1.54) is 11.3 Å². The fraction of sp³-hybridized carbons (Fsp3) is 0.214. The van der Waals surface area contributed by atoms with Crippen LogP contribution in [-0.2, 0) is 11.2 Å². The van der Waals surface area contributed by atoms with Crippen LogP contribution in [0, 0.1) is 0 Å². The van der Waals surface area contributed by atoms with Crippen LogP contribution in [0.25, 0.3) is 0 Å². The third kappa shape index (κ3) is 5.01. The van der Waals surface area contributed by atoms with Gasteiger partial charge in [0.05, 0.1) is 12.1 Å². The van der Waals surface area contributed by atoms with Crippen LogP contribution in [0.3, 0.4) is 0 Å². The number of urea groups is 1. The molecule has 0 saturated heterocycles. The second kappa shape index (κ2) is 7.77. The predicted molar refractivity (Wildman–Crippen MR) is 88.6 cm³/mol. The van der Waals surface area contributed by atoms with Crippen molar-refractivity contribution in [3.8, 4) is 0 Å². The monoisotopic (exact) mass is 338 g/mol. The van der Waals surface area contributed by atoms with Crippen LogP contribution in [0.5, 0.6) is 0 Å². The Morgan fingerprint density at radius 1 is 1.23 bits per heavy atom. The van der Waals surface area contributed by atoms with E-state index in [9.17, 15) is 9.59 Å². The fourth-order valence-corrected chi connectivity index (χ4v) is 2.49. The van der Waals surface area contributed by atoms with E-state index >= 15 is 0 Å². The van der Waals surface area contributed by atoms with Gasteiger partial charge < -0.3 is 10.6 Å². The summed E-state index contributed by atoms with van der Waals surface area (Å²) in [5, 5.41) is 10.8. The Morgan fingerprint density at radius 3 is 2.64 bits per heavy atom. The highest BCUT2D eigenvalue weighted by atomic mass is 35.5. The van der Waals surface area contributed by atoms with Gasteiger partial charge in [-0.3, -0.25) is 10.1 Å². The second-order valence-corrected chi connectivity index (χ2v) is 5.65. The molecule has 116 valence electrons. The van der Waals surface area contributed by atoms with Gasteiger partial charge in [0.2, 0.25) is 5.91 Å². The number of hydrogen-bond acceptors (Lipinski definition) is 4. The maximum Gasteiger partial charge on any atom is 0.325 e. The Morgan fingerprint density at radius 2 is 1.95 bits per heavy atom.